The summed E-state index contributed by atoms with van der Waals surface area (Å²) in [5.74, 6) is -1.51. The van der Waals surface area contributed by atoms with Crippen LogP contribution >= 0.6 is 0 Å². The van der Waals surface area contributed by atoms with Crippen LogP contribution in [-0.4, -0.2) is 115 Å². The first kappa shape index (κ1) is 41.5. The van der Waals surface area contributed by atoms with Gasteiger partial charge in [-0.05, 0) is 116 Å². The Labute approximate surface area is 324 Å². The smallest absolute Gasteiger partial charge is 0.335 e. The molecule has 312 valence electrons. The van der Waals surface area contributed by atoms with Crippen LogP contribution in [0.3, 0.4) is 0 Å². The van der Waals surface area contributed by atoms with Crippen molar-refractivity contribution in [3.63, 3.8) is 0 Å². The molecule has 0 aromatic heterocycles. The van der Waals surface area contributed by atoms with Gasteiger partial charge in [-0.3, -0.25) is 4.79 Å². The Balaban J connectivity index is 1.10. The monoisotopic (exact) mass is 778 g/mol. The second kappa shape index (κ2) is 13.7. The number of ether oxygens (including phenoxy) is 4. The lowest BCUT2D eigenvalue weighted by atomic mass is 9.33. The maximum absolute atomic E-state index is 13.0. The number of hydrogen-bond donors (Lipinski definition) is 7. The van der Waals surface area contributed by atoms with E-state index in [-0.39, 0.29) is 33.5 Å². The molecule has 13 nitrogen and oxygen atoms in total. The van der Waals surface area contributed by atoms with Crippen LogP contribution in [0.15, 0.2) is 11.6 Å². The number of rotatable bonds is 6. The highest BCUT2D eigenvalue weighted by Crippen LogP contribution is 2.76. The maximum Gasteiger partial charge on any atom is 0.335 e. The van der Waals surface area contributed by atoms with Crippen LogP contribution in [0.5, 0.6) is 0 Å². The van der Waals surface area contributed by atoms with Gasteiger partial charge in [0.25, 0.3) is 0 Å². The second-order valence-corrected chi connectivity index (χ2v) is 20.7. The van der Waals surface area contributed by atoms with E-state index in [4.69, 9.17) is 18.9 Å². The van der Waals surface area contributed by atoms with Crippen molar-refractivity contribution in [2.75, 3.05) is 0 Å². The first-order chi connectivity index (χ1) is 25.4. The minimum absolute atomic E-state index is 0.0313. The Morgan fingerprint density at radius 3 is 2.02 bits per heavy atom. The summed E-state index contributed by atoms with van der Waals surface area (Å²) in [6.45, 7) is 17.7. The topological polar surface area (TPSA) is 213 Å². The fraction of sp³-hybridized carbons (Fsp3) is 0.905. The summed E-state index contributed by atoms with van der Waals surface area (Å²) in [6.07, 6.45) is -5.44. The van der Waals surface area contributed by atoms with E-state index in [0.29, 0.717) is 18.8 Å². The van der Waals surface area contributed by atoms with E-state index in [1.807, 2.05) is 0 Å². The Hall–Kier alpha value is -1.68. The van der Waals surface area contributed by atoms with E-state index in [1.165, 1.54) is 12.5 Å². The molecule has 0 aromatic rings. The molecule has 55 heavy (non-hydrogen) atoms. The first-order valence-corrected chi connectivity index (χ1v) is 20.6. The standard InChI is InChI=1S/C42H66O13/c1-20-26(43)27(44)29(46)34(52-20)54-31-28(45)30(47)35(55-32(31)33(48)49)53-25-12-13-39(6)23(38(25,4)5)11-14-41(8)24(39)10-9-21-22-19-37(2,3)15-17-42(22,36(50)51)18-16-40(21,41)7/h9,20,22-32,34-35,43-47H,10-19H2,1-8H3,(H,48,49)(H,50,51). The van der Waals surface area contributed by atoms with Crippen molar-refractivity contribution in [2.24, 2.45) is 50.2 Å². The molecule has 7 rings (SSSR count). The van der Waals surface area contributed by atoms with Crippen molar-refractivity contribution < 1.29 is 64.3 Å². The van der Waals surface area contributed by atoms with Crippen LogP contribution in [0.1, 0.15) is 120 Å². The molecule has 6 fully saturated rings. The fourth-order valence-electron chi connectivity index (χ4n) is 13.6. The van der Waals surface area contributed by atoms with Crippen LogP contribution in [0.4, 0.5) is 0 Å². The molecule has 4 saturated carbocycles. The van der Waals surface area contributed by atoms with Gasteiger partial charge in [0, 0.05) is 0 Å². The Morgan fingerprint density at radius 2 is 1.36 bits per heavy atom. The van der Waals surface area contributed by atoms with E-state index in [0.717, 1.165) is 51.4 Å². The van der Waals surface area contributed by atoms with Gasteiger partial charge < -0.3 is 54.7 Å². The fourth-order valence-corrected chi connectivity index (χ4v) is 13.6. The van der Waals surface area contributed by atoms with Crippen molar-refractivity contribution in [3.05, 3.63) is 11.6 Å². The third-order valence-corrected chi connectivity index (χ3v) is 17.2. The summed E-state index contributed by atoms with van der Waals surface area (Å²) in [5.41, 5.74) is 0.142. The van der Waals surface area contributed by atoms with E-state index >= 15 is 0 Å². The number of aliphatic hydroxyl groups excluding tert-OH is 5. The Bertz CT molecular complexity index is 1550. The summed E-state index contributed by atoms with van der Waals surface area (Å²) in [5, 5.41) is 74.2. The SMILES string of the molecule is CC1OC(OC2C(C(=O)O)OC(OC3CCC4(C)C(CCC5(C)C4CC=C4C6CC(C)(C)CCC6(C(=O)O)CCC45C)C3(C)C)C(O)C2O)C(O)C(O)C1O. The Kier molecular flexibility index (Phi) is 10.3. The number of carboxylic acid groups (broad SMARTS) is 2. The van der Waals surface area contributed by atoms with Crippen molar-refractivity contribution in [3.8, 4) is 0 Å². The third kappa shape index (κ3) is 6.10. The summed E-state index contributed by atoms with van der Waals surface area (Å²) in [4.78, 5) is 25.5. The number of aliphatic hydroxyl groups is 5. The van der Waals surface area contributed by atoms with E-state index in [1.54, 1.807) is 0 Å². The van der Waals surface area contributed by atoms with Gasteiger partial charge in [-0.2, -0.15) is 0 Å². The average molecular weight is 779 g/mol. The van der Waals surface area contributed by atoms with Crippen molar-refractivity contribution >= 4 is 11.9 Å². The lowest BCUT2D eigenvalue weighted by Crippen LogP contribution is -2.67. The van der Waals surface area contributed by atoms with E-state index in [2.05, 4.69) is 54.5 Å². The summed E-state index contributed by atoms with van der Waals surface area (Å²) in [7, 11) is 0. The van der Waals surface area contributed by atoms with Gasteiger partial charge in [0.1, 0.15) is 36.6 Å². The highest BCUT2D eigenvalue weighted by atomic mass is 16.7. The normalized spacial score (nSPS) is 53.1. The number of hydrogen-bond acceptors (Lipinski definition) is 11. The molecule has 2 heterocycles. The highest BCUT2D eigenvalue weighted by molar-refractivity contribution is 5.76. The highest BCUT2D eigenvalue weighted by Gasteiger charge is 2.69. The third-order valence-electron chi connectivity index (χ3n) is 17.2. The van der Waals surface area contributed by atoms with Crippen molar-refractivity contribution in [2.45, 2.75) is 187 Å². The second-order valence-electron chi connectivity index (χ2n) is 20.7. The molecule has 18 unspecified atom stereocenters. The molecule has 0 spiro atoms. The minimum atomic E-state index is -1.81. The lowest BCUT2D eigenvalue weighted by molar-refractivity contribution is -0.361. The van der Waals surface area contributed by atoms with Gasteiger partial charge >= 0.3 is 11.9 Å². The lowest BCUT2D eigenvalue weighted by Gasteiger charge is -2.71. The predicted octanol–water partition coefficient (Wildman–Crippen LogP) is 4.00. The summed E-state index contributed by atoms with van der Waals surface area (Å²) >= 11 is 0. The molecule has 2 aliphatic heterocycles. The van der Waals surface area contributed by atoms with Gasteiger partial charge in [0.2, 0.25) is 0 Å². The largest absolute Gasteiger partial charge is 0.481 e. The number of carboxylic acids is 2. The zero-order chi connectivity index (χ0) is 40.4. The van der Waals surface area contributed by atoms with Gasteiger partial charge in [0.05, 0.1) is 17.6 Å². The van der Waals surface area contributed by atoms with E-state index < -0.39 is 90.3 Å². The average Bonchev–Trinajstić information content (AvgIpc) is 3.10. The maximum atomic E-state index is 13.0. The number of carbonyl (C=O) groups is 2. The van der Waals surface area contributed by atoms with Crippen molar-refractivity contribution in [1.29, 1.82) is 0 Å². The zero-order valence-electron chi connectivity index (χ0n) is 33.8. The molecule has 7 aliphatic rings. The molecule has 0 aromatic carbocycles. The molecular weight excluding hydrogens is 712 g/mol. The molecule has 0 amide bonds. The van der Waals surface area contributed by atoms with Crippen LogP contribution in [0.2, 0.25) is 0 Å². The van der Waals surface area contributed by atoms with Gasteiger partial charge in [-0.25, -0.2) is 4.79 Å². The zero-order valence-corrected chi connectivity index (χ0v) is 33.8. The molecule has 13 heteroatoms. The molecule has 0 bridgehead atoms. The van der Waals surface area contributed by atoms with Crippen molar-refractivity contribution in [1.82, 2.24) is 0 Å². The van der Waals surface area contributed by atoms with Gasteiger partial charge in [-0.1, -0.05) is 60.1 Å². The summed E-state index contributed by atoms with van der Waals surface area (Å²) in [6, 6.07) is 0. The van der Waals surface area contributed by atoms with Crippen LogP contribution < -0.4 is 0 Å². The van der Waals surface area contributed by atoms with Crippen LogP contribution in [-0.2, 0) is 28.5 Å². The number of allylic oxidation sites excluding steroid dienone is 2. The molecular formula is C42H66O13. The summed E-state index contributed by atoms with van der Waals surface area (Å²) < 4.78 is 23.5. The number of fused-ring (bicyclic) bond motifs is 7. The quantitative estimate of drug-likeness (QED) is 0.150. The molecule has 7 N–H and O–H groups in total. The molecule has 5 aliphatic carbocycles. The van der Waals surface area contributed by atoms with Crippen LogP contribution in [0, 0.1) is 50.2 Å². The van der Waals surface area contributed by atoms with Crippen LogP contribution in [0.25, 0.3) is 0 Å². The van der Waals surface area contributed by atoms with Gasteiger partial charge in [0.15, 0.2) is 18.7 Å². The number of aliphatic carboxylic acids is 2. The van der Waals surface area contributed by atoms with Gasteiger partial charge in [-0.15, -0.1) is 0 Å². The molecule has 2 saturated heterocycles. The Morgan fingerprint density at radius 1 is 0.727 bits per heavy atom. The molecule has 0 radical (unpaired) electrons. The first-order valence-electron chi connectivity index (χ1n) is 20.6. The molecule has 18 atom stereocenters. The predicted molar refractivity (Wildman–Crippen MR) is 197 cm³/mol. The van der Waals surface area contributed by atoms with E-state index in [9.17, 15) is 45.3 Å². The minimum Gasteiger partial charge on any atom is -0.481 e.